The van der Waals surface area contributed by atoms with Crippen LogP contribution in [-0.4, -0.2) is 14.4 Å². The Morgan fingerprint density at radius 3 is 2.64 bits per heavy atom. The molecule has 2 aliphatic rings. The molecule has 0 amide bonds. The molecule has 0 aliphatic heterocycles. The first kappa shape index (κ1) is 20.1. The highest BCUT2D eigenvalue weighted by Gasteiger charge is 2.39. The van der Waals surface area contributed by atoms with Gasteiger partial charge in [0.05, 0.1) is 0 Å². The van der Waals surface area contributed by atoms with E-state index < -0.39 is 8.32 Å². The summed E-state index contributed by atoms with van der Waals surface area (Å²) in [7, 11) is -1.84. The highest BCUT2D eigenvalue weighted by molar-refractivity contribution is 6.74. The molecule has 0 N–H and O–H groups in total. The molecule has 1 atom stereocenters. The van der Waals surface area contributed by atoms with Crippen molar-refractivity contribution in [3.05, 3.63) is 23.3 Å². The van der Waals surface area contributed by atoms with Crippen molar-refractivity contribution < 1.29 is 4.43 Å². The molecule has 2 heteroatoms. The lowest BCUT2D eigenvalue weighted by atomic mass is 9.87. The first-order valence-corrected chi connectivity index (χ1v) is 12.5. The zero-order valence-electron chi connectivity index (χ0n) is 17.2. The van der Waals surface area contributed by atoms with Crippen molar-refractivity contribution in [1.29, 1.82) is 0 Å². The van der Waals surface area contributed by atoms with E-state index in [1.54, 1.807) is 0 Å². The minimum atomic E-state index is -1.84. The Labute approximate surface area is 156 Å². The van der Waals surface area contributed by atoms with Gasteiger partial charge in [-0.1, -0.05) is 50.5 Å². The first-order chi connectivity index (χ1) is 11.5. The maximum Gasteiger partial charge on any atom is 0.193 e. The van der Waals surface area contributed by atoms with Crippen LogP contribution in [0.1, 0.15) is 66.7 Å². The molecule has 0 radical (unpaired) electrons. The highest BCUT2D eigenvalue weighted by Crippen LogP contribution is 2.38. The van der Waals surface area contributed by atoms with E-state index in [9.17, 15) is 0 Å². The molecule has 1 nitrogen and oxygen atoms in total. The van der Waals surface area contributed by atoms with Crippen molar-refractivity contribution >= 4 is 8.32 Å². The summed E-state index contributed by atoms with van der Waals surface area (Å²) < 4.78 is 6.66. The lowest BCUT2D eigenvalue weighted by Crippen LogP contribution is -2.43. The van der Waals surface area contributed by atoms with E-state index in [0.717, 1.165) is 25.7 Å². The van der Waals surface area contributed by atoms with Crippen molar-refractivity contribution in [1.82, 2.24) is 0 Å². The molecule has 0 saturated heterocycles. The Bertz CT molecular complexity index is 678. The van der Waals surface area contributed by atoms with E-state index in [1.165, 1.54) is 17.6 Å². The molecule has 1 unspecified atom stereocenters. The van der Waals surface area contributed by atoms with Gasteiger partial charge in [0.2, 0.25) is 0 Å². The van der Waals surface area contributed by atoms with Crippen LogP contribution in [0.3, 0.4) is 0 Å². The maximum atomic E-state index is 6.66. The SMILES string of the molecule is CC1(C)C#C/C=C2/CCCC=C2C#CC(O[Si](C)(C)C(C)(C)C)CC1. The van der Waals surface area contributed by atoms with E-state index in [1.807, 2.05) is 0 Å². The van der Waals surface area contributed by atoms with Crippen LogP contribution >= 0.6 is 0 Å². The van der Waals surface area contributed by atoms with Crippen LogP contribution in [-0.2, 0) is 4.43 Å². The second-order valence-electron chi connectivity index (χ2n) is 9.51. The lowest BCUT2D eigenvalue weighted by molar-refractivity contribution is 0.207. The molecular formula is C23H34OSi. The third-order valence-electron chi connectivity index (χ3n) is 5.64. The zero-order chi connectivity index (χ0) is 18.7. The Kier molecular flexibility index (Phi) is 6.08. The lowest BCUT2D eigenvalue weighted by Gasteiger charge is -2.38. The van der Waals surface area contributed by atoms with E-state index in [4.69, 9.17) is 4.43 Å². The molecule has 0 bridgehead atoms. The Morgan fingerprint density at radius 1 is 1.24 bits per heavy atom. The van der Waals surface area contributed by atoms with Gasteiger partial charge in [0.15, 0.2) is 8.32 Å². The summed E-state index contributed by atoms with van der Waals surface area (Å²) in [6.07, 6.45) is 9.74. The van der Waals surface area contributed by atoms with Gasteiger partial charge < -0.3 is 4.43 Å². The Hall–Kier alpha value is -1.22. The van der Waals surface area contributed by atoms with Crippen molar-refractivity contribution in [2.45, 2.75) is 91.0 Å². The molecule has 0 spiro atoms. The van der Waals surface area contributed by atoms with Gasteiger partial charge in [-0.25, -0.2) is 0 Å². The molecule has 0 heterocycles. The topological polar surface area (TPSA) is 9.23 Å². The normalized spacial score (nSPS) is 25.6. The Morgan fingerprint density at radius 2 is 1.96 bits per heavy atom. The summed E-state index contributed by atoms with van der Waals surface area (Å²) in [6, 6.07) is 0. The van der Waals surface area contributed by atoms with Crippen LogP contribution in [0.4, 0.5) is 0 Å². The fourth-order valence-electron chi connectivity index (χ4n) is 2.81. The molecule has 136 valence electrons. The summed E-state index contributed by atoms with van der Waals surface area (Å²) in [5.74, 6) is 13.7. The van der Waals surface area contributed by atoms with Crippen LogP contribution in [0.15, 0.2) is 23.3 Å². The van der Waals surface area contributed by atoms with Crippen LogP contribution in [0, 0.1) is 29.1 Å². The van der Waals surface area contributed by atoms with Crippen molar-refractivity contribution in [3.63, 3.8) is 0 Å². The molecule has 2 aliphatic carbocycles. The van der Waals surface area contributed by atoms with Gasteiger partial charge in [-0.3, -0.25) is 0 Å². The van der Waals surface area contributed by atoms with Crippen molar-refractivity contribution in [3.8, 4) is 23.7 Å². The second kappa shape index (κ2) is 7.57. The fraction of sp³-hybridized carbons (Fsp3) is 0.652. The van der Waals surface area contributed by atoms with Gasteiger partial charge in [-0.05, 0) is 75.7 Å². The first-order valence-electron chi connectivity index (χ1n) is 9.62. The van der Waals surface area contributed by atoms with Gasteiger partial charge in [0, 0.05) is 11.0 Å². The highest BCUT2D eigenvalue weighted by atomic mass is 28.4. The molecular weight excluding hydrogens is 320 g/mol. The van der Waals surface area contributed by atoms with E-state index >= 15 is 0 Å². The van der Waals surface area contributed by atoms with Gasteiger partial charge in [-0.2, -0.15) is 0 Å². The molecule has 25 heavy (non-hydrogen) atoms. The summed E-state index contributed by atoms with van der Waals surface area (Å²) in [5.41, 5.74) is 2.47. The predicted octanol–water partition coefficient (Wildman–Crippen LogP) is 6.24. The van der Waals surface area contributed by atoms with Crippen LogP contribution in [0.25, 0.3) is 0 Å². The van der Waals surface area contributed by atoms with Gasteiger partial charge in [0.25, 0.3) is 0 Å². The second-order valence-corrected chi connectivity index (χ2v) is 14.3. The quantitative estimate of drug-likeness (QED) is 0.421. The van der Waals surface area contributed by atoms with Gasteiger partial charge in [-0.15, -0.1) is 0 Å². The molecule has 0 aromatic heterocycles. The molecule has 0 aromatic rings. The smallest absolute Gasteiger partial charge is 0.193 e. The third-order valence-corrected chi connectivity index (χ3v) is 10.1. The average Bonchev–Trinajstić information content (AvgIpc) is 2.51. The number of allylic oxidation sites excluding steroid dienone is 4. The van der Waals surface area contributed by atoms with Gasteiger partial charge >= 0.3 is 0 Å². The van der Waals surface area contributed by atoms with Crippen LogP contribution in [0.5, 0.6) is 0 Å². The predicted molar refractivity (Wildman–Crippen MR) is 111 cm³/mol. The number of hydrogen-bond acceptors (Lipinski definition) is 1. The monoisotopic (exact) mass is 354 g/mol. The number of fused-ring (bicyclic) bond motifs is 1. The van der Waals surface area contributed by atoms with Crippen LogP contribution in [0.2, 0.25) is 18.1 Å². The molecule has 0 fully saturated rings. The fourth-order valence-corrected chi connectivity index (χ4v) is 4.05. The minimum Gasteiger partial charge on any atom is -0.403 e. The molecule has 0 aromatic carbocycles. The van der Waals surface area contributed by atoms with Crippen LogP contribution < -0.4 is 0 Å². The zero-order valence-corrected chi connectivity index (χ0v) is 18.2. The van der Waals surface area contributed by atoms with E-state index in [0.29, 0.717) is 0 Å². The average molecular weight is 355 g/mol. The summed E-state index contributed by atoms with van der Waals surface area (Å²) in [6.45, 7) is 16.0. The molecule has 0 saturated carbocycles. The maximum absolute atomic E-state index is 6.66. The number of hydrogen-bond donors (Lipinski definition) is 0. The van der Waals surface area contributed by atoms with Crippen molar-refractivity contribution in [2.24, 2.45) is 5.41 Å². The standard InChI is InChI=1S/C23H34OSi/c1-22(2,3)25(6,7)24-21-15-14-20-12-9-8-11-19(20)13-10-17-23(4,5)18-16-21/h12-13,21H,8-9,11,16,18H2,1-7H3/b19-13-. The summed E-state index contributed by atoms with van der Waals surface area (Å²) in [4.78, 5) is 0. The van der Waals surface area contributed by atoms with E-state index in [2.05, 4.69) is 83.5 Å². The third kappa shape index (κ3) is 5.63. The van der Waals surface area contributed by atoms with Gasteiger partial charge in [0.1, 0.15) is 6.10 Å². The number of rotatable bonds is 2. The minimum absolute atomic E-state index is 0.00331. The summed E-state index contributed by atoms with van der Waals surface area (Å²) >= 11 is 0. The largest absolute Gasteiger partial charge is 0.403 e. The Balaban J connectivity index is 2.35. The molecule has 2 rings (SSSR count). The summed E-state index contributed by atoms with van der Waals surface area (Å²) in [5, 5.41) is 0.200. The van der Waals surface area contributed by atoms with E-state index in [-0.39, 0.29) is 16.6 Å². The van der Waals surface area contributed by atoms with Crippen molar-refractivity contribution in [2.75, 3.05) is 0 Å².